The highest BCUT2D eigenvalue weighted by molar-refractivity contribution is 5.89. The van der Waals surface area contributed by atoms with Gasteiger partial charge in [-0.2, -0.15) is 5.10 Å². The summed E-state index contributed by atoms with van der Waals surface area (Å²) in [6, 6.07) is 3.45. The Morgan fingerprint density at radius 3 is 2.88 bits per heavy atom. The Labute approximate surface area is 154 Å². The van der Waals surface area contributed by atoms with E-state index in [4.69, 9.17) is 4.42 Å². The van der Waals surface area contributed by atoms with E-state index in [1.54, 1.807) is 23.4 Å². The summed E-state index contributed by atoms with van der Waals surface area (Å²) in [4.78, 5) is 14.7. The Morgan fingerprint density at radius 1 is 1.50 bits per heavy atom. The van der Waals surface area contributed by atoms with Gasteiger partial charge in [0.1, 0.15) is 11.6 Å². The topological polar surface area (TPSA) is 83.5 Å². The number of amides is 2. The predicted octanol–water partition coefficient (Wildman–Crippen LogP) is 3.70. The monoisotopic (exact) mass is 360 g/mol. The number of carbonyl (C=O) groups excluding carboxylic acids is 1. The molecule has 1 atom stereocenters. The second kappa shape index (κ2) is 8.40. The fourth-order valence-electron chi connectivity index (χ4n) is 3.59. The number of hydrogen-bond acceptors (Lipinski definition) is 4. The number of carbonyl (C=O) groups is 1. The second-order valence-electron chi connectivity index (χ2n) is 6.94. The molecule has 3 rings (SSSR count). The van der Waals surface area contributed by atoms with Crippen molar-refractivity contribution in [3.05, 3.63) is 35.9 Å². The van der Waals surface area contributed by atoms with Crippen molar-refractivity contribution in [3.8, 4) is 0 Å². The number of aromatic nitrogens is 2. The molecular formula is C19H28N4O3. The molecule has 26 heavy (non-hydrogen) atoms. The summed E-state index contributed by atoms with van der Waals surface area (Å²) in [6.07, 6.45) is 8.63. The number of rotatable bonds is 7. The summed E-state index contributed by atoms with van der Waals surface area (Å²) in [5, 5.41) is 17.2. The first kappa shape index (κ1) is 18.5. The summed E-state index contributed by atoms with van der Waals surface area (Å²) in [6.45, 7) is 4.13. The van der Waals surface area contributed by atoms with Crippen LogP contribution in [-0.2, 0) is 6.54 Å². The zero-order chi connectivity index (χ0) is 18.5. The number of hydrogen-bond donors (Lipinski definition) is 2. The van der Waals surface area contributed by atoms with E-state index in [0.717, 1.165) is 24.2 Å². The van der Waals surface area contributed by atoms with Crippen molar-refractivity contribution in [1.29, 1.82) is 0 Å². The van der Waals surface area contributed by atoms with Crippen LogP contribution in [0.2, 0.25) is 0 Å². The first-order valence-electron chi connectivity index (χ1n) is 9.39. The summed E-state index contributed by atoms with van der Waals surface area (Å²) < 4.78 is 7.35. The molecule has 1 saturated carbocycles. The van der Waals surface area contributed by atoms with Crippen LogP contribution in [0.3, 0.4) is 0 Å². The first-order valence-corrected chi connectivity index (χ1v) is 9.39. The molecule has 0 radical (unpaired) electrons. The molecule has 7 nitrogen and oxygen atoms in total. The largest absolute Gasteiger partial charge is 0.467 e. The summed E-state index contributed by atoms with van der Waals surface area (Å²) in [5.74, 6) is 1.44. The van der Waals surface area contributed by atoms with E-state index in [1.807, 2.05) is 24.6 Å². The minimum Gasteiger partial charge on any atom is -0.467 e. The Morgan fingerprint density at radius 2 is 2.27 bits per heavy atom. The lowest BCUT2D eigenvalue weighted by atomic mass is 10.2. The van der Waals surface area contributed by atoms with Gasteiger partial charge < -0.3 is 14.4 Å². The molecule has 0 aromatic carbocycles. The smallest absolute Gasteiger partial charge is 0.323 e. The molecular weight excluding hydrogens is 332 g/mol. The Bertz CT molecular complexity index is 700. The average molecular weight is 360 g/mol. The lowest BCUT2D eigenvalue weighted by Crippen LogP contribution is -2.44. The molecule has 0 spiro atoms. The van der Waals surface area contributed by atoms with Crippen LogP contribution in [-0.4, -0.2) is 38.5 Å². The highest BCUT2D eigenvalue weighted by Crippen LogP contribution is 2.32. The van der Waals surface area contributed by atoms with Gasteiger partial charge in [-0.05, 0) is 38.3 Å². The third kappa shape index (κ3) is 3.93. The second-order valence-corrected chi connectivity index (χ2v) is 6.94. The van der Waals surface area contributed by atoms with Crippen LogP contribution in [0.5, 0.6) is 0 Å². The molecule has 7 heteroatoms. The molecule has 0 saturated heterocycles. The van der Waals surface area contributed by atoms with Gasteiger partial charge in [0.2, 0.25) is 0 Å². The van der Waals surface area contributed by atoms with E-state index in [-0.39, 0.29) is 18.7 Å². The Balaban J connectivity index is 1.80. The maximum absolute atomic E-state index is 13.0. The van der Waals surface area contributed by atoms with Crippen molar-refractivity contribution < 1.29 is 14.3 Å². The third-order valence-corrected chi connectivity index (χ3v) is 5.16. The number of aliphatic hydroxyl groups is 1. The van der Waals surface area contributed by atoms with E-state index >= 15 is 0 Å². The van der Waals surface area contributed by atoms with Gasteiger partial charge in [0.25, 0.3) is 0 Å². The SMILES string of the molecule is CC[C@H](CO)N(Cc1ccco1)C(=O)Nc1c(C)cnn1C1CCCC1. The molecule has 0 unspecified atom stereocenters. The van der Waals surface area contributed by atoms with Crippen molar-refractivity contribution in [2.24, 2.45) is 0 Å². The minimum absolute atomic E-state index is 0.0918. The molecule has 0 aliphatic heterocycles. The molecule has 2 amide bonds. The zero-order valence-electron chi connectivity index (χ0n) is 15.5. The number of nitrogens with one attached hydrogen (secondary N) is 1. The summed E-state index contributed by atoms with van der Waals surface area (Å²) in [5.41, 5.74) is 0.945. The van der Waals surface area contributed by atoms with Gasteiger partial charge in [-0.3, -0.25) is 5.32 Å². The Kier molecular flexibility index (Phi) is 5.98. The molecule has 1 aliphatic rings. The van der Waals surface area contributed by atoms with Gasteiger partial charge in [0.05, 0.1) is 37.7 Å². The highest BCUT2D eigenvalue weighted by Gasteiger charge is 2.27. The van der Waals surface area contributed by atoms with Crippen LogP contribution in [0.1, 0.15) is 56.4 Å². The maximum atomic E-state index is 13.0. The summed E-state index contributed by atoms with van der Waals surface area (Å²) in [7, 11) is 0. The third-order valence-electron chi connectivity index (χ3n) is 5.16. The van der Waals surface area contributed by atoms with Crippen molar-refractivity contribution >= 4 is 11.8 Å². The molecule has 2 heterocycles. The molecule has 142 valence electrons. The quantitative estimate of drug-likeness (QED) is 0.788. The fraction of sp³-hybridized carbons (Fsp3) is 0.579. The van der Waals surface area contributed by atoms with Gasteiger partial charge in [-0.25, -0.2) is 9.48 Å². The normalized spacial score (nSPS) is 16.0. The van der Waals surface area contributed by atoms with Crippen LogP contribution in [0.4, 0.5) is 10.6 Å². The predicted molar refractivity (Wildman–Crippen MR) is 98.9 cm³/mol. The number of anilines is 1. The van der Waals surface area contributed by atoms with Crippen molar-refractivity contribution in [2.75, 3.05) is 11.9 Å². The lowest BCUT2D eigenvalue weighted by Gasteiger charge is -2.29. The summed E-state index contributed by atoms with van der Waals surface area (Å²) >= 11 is 0. The van der Waals surface area contributed by atoms with Crippen LogP contribution in [0, 0.1) is 6.92 Å². The molecule has 2 aromatic heterocycles. The van der Waals surface area contributed by atoms with E-state index in [1.165, 1.54) is 12.8 Å². The van der Waals surface area contributed by atoms with Gasteiger partial charge in [-0.15, -0.1) is 0 Å². The molecule has 2 N–H and O–H groups in total. The number of furan rings is 1. The van der Waals surface area contributed by atoms with E-state index in [2.05, 4.69) is 10.4 Å². The molecule has 0 bridgehead atoms. The minimum atomic E-state index is -0.275. The van der Waals surface area contributed by atoms with Gasteiger partial charge in [-0.1, -0.05) is 19.8 Å². The van der Waals surface area contributed by atoms with Crippen molar-refractivity contribution in [3.63, 3.8) is 0 Å². The van der Waals surface area contributed by atoms with Crippen molar-refractivity contribution in [2.45, 2.75) is 64.6 Å². The average Bonchev–Trinajstić information content (AvgIpc) is 3.38. The van der Waals surface area contributed by atoms with Crippen LogP contribution in [0.25, 0.3) is 0 Å². The Hall–Kier alpha value is -2.28. The molecule has 2 aromatic rings. The van der Waals surface area contributed by atoms with Crippen molar-refractivity contribution in [1.82, 2.24) is 14.7 Å². The molecule has 1 fully saturated rings. The van der Waals surface area contributed by atoms with E-state index in [9.17, 15) is 9.90 Å². The highest BCUT2D eigenvalue weighted by atomic mass is 16.3. The maximum Gasteiger partial charge on any atom is 0.323 e. The number of nitrogens with zero attached hydrogens (tertiary/aromatic N) is 3. The zero-order valence-corrected chi connectivity index (χ0v) is 15.5. The number of urea groups is 1. The van der Waals surface area contributed by atoms with Gasteiger partial charge in [0, 0.05) is 5.56 Å². The first-order chi connectivity index (χ1) is 12.6. The standard InChI is InChI=1S/C19H28N4O3/c1-3-15(13-24)22(12-17-9-6-10-26-17)19(25)21-18-14(2)11-20-23(18)16-7-4-5-8-16/h6,9-11,15-16,24H,3-5,7-8,12-13H2,1-2H3,(H,21,25)/t15-/m1/s1. The number of aryl methyl sites for hydroxylation is 1. The van der Waals surface area contributed by atoms with Crippen LogP contribution < -0.4 is 5.32 Å². The van der Waals surface area contributed by atoms with Crippen LogP contribution in [0.15, 0.2) is 29.0 Å². The van der Waals surface area contributed by atoms with Crippen LogP contribution >= 0.6 is 0 Å². The molecule has 1 aliphatic carbocycles. The van der Waals surface area contributed by atoms with E-state index in [0.29, 0.717) is 24.8 Å². The van der Waals surface area contributed by atoms with Gasteiger partial charge in [0.15, 0.2) is 0 Å². The van der Waals surface area contributed by atoms with E-state index < -0.39 is 0 Å². The lowest BCUT2D eigenvalue weighted by molar-refractivity contribution is 0.129. The van der Waals surface area contributed by atoms with Gasteiger partial charge >= 0.3 is 6.03 Å². The fourth-order valence-corrected chi connectivity index (χ4v) is 3.59. The number of aliphatic hydroxyl groups excluding tert-OH is 1.